The maximum absolute atomic E-state index is 15.8. The summed E-state index contributed by atoms with van der Waals surface area (Å²) in [4.78, 5) is 25.3. The molecule has 0 radical (unpaired) electrons. The van der Waals surface area contributed by atoms with E-state index in [4.69, 9.17) is 18.5 Å². The molecule has 0 aliphatic carbocycles. The van der Waals surface area contributed by atoms with E-state index in [1.54, 1.807) is 65.0 Å². The molecule has 38 heavy (non-hydrogen) atoms. The average Bonchev–Trinajstić information content (AvgIpc) is 3.24. The van der Waals surface area contributed by atoms with Gasteiger partial charge in [0.15, 0.2) is 0 Å². The lowest BCUT2D eigenvalue weighted by Gasteiger charge is -2.24. The Balaban J connectivity index is 1.80. The maximum atomic E-state index is 15.8. The van der Waals surface area contributed by atoms with E-state index in [9.17, 15) is 14.2 Å². The highest BCUT2D eigenvalue weighted by atomic mass is 32.1. The summed E-state index contributed by atoms with van der Waals surface area (Å²) < 4.78 is 50.7. The van der Waals surface area contributed by atoms with Crippen LogP contribution in [0.15, 0.2) is 54.6 Å². The van der Waals surface area contributed by atoms with E-state index >= 15 is 4.39 Å². The van der Waals surface area contributed by atoms with Crippen molar-refractivity contribution in [1.82, 2.24) is 0 Å². The van der Waals surface area contributed by atoms with E-state index < -0.39 is 49.9 Å². The van der Waals surface area contributed by atoms with Crippen molar-refractivity contribution in [2.24, 2.45) is 10.8 Å². The molecule has 1 heterocycles. The molecule has 206 valence electrons. The summed E-state index contributed by atoms with van der Waals surface area (Å²) in [5.41, 5.74) is -0.460. The topological polar surface area (TPSA) is 88.1 Å². The van der Waals surface area contributed by atoms with Crippen molar-refractivity contribution in [3.63, 3.8) is 0 Å². The van der Waals surface area contributed by atoms with Crippen LogP contribution in [0.4, 0.5) is 4.39 Å². The minimum atomic E-state index is -4.59. The van der Waals surface area contributed by atoms with Gasteiger partial charge in [-0.2, -0.15) is 0 Å². The molecule has 0 saturated heterocycles. The van der Waals surface area contributed by atoms with Gasteiger partial charge in [-0.3, -0.25) is 23.2 Å². The molecule has 0 amide bonds. The molecule has 2 aromatic carbocycles. The van der Waals surface area contributed by atoms with Crippen molar-refractivity contribution >= 4 is 41.0 Å². The largest absolute Gasteiger partial charge is 0.438 e. The highest BCUT2D eigenvalue weighted by molar-refractivity contribution is 7.54. The molecule has 0 N–H and O–H groups in total. The van der Waals surface area contributed by atoms with Gasteiger partial charge in [0.25, 0.3) is 0 Å². The molecule has 1 atom stereocenters. The molecule has 3 rings (SSSR count). The van der Waals surface area contributed by atoms with Gasteiger partial charge in [0, 0.05) is 16.0 Å². The third-order valence-electron chi connectivity index (χ3n) is 5.44. The lowest BCUT2D eigenvalue weighted by Crippen LogP contribution is -2.25. The number of hydrogen-bond donors (Lipinski definition) is 0. The van der Waals surface area contributed by atoms with Crippen LogP contribution in [0.3, 0.4) is 0 Å². The molecule has 0 spiro atoms. The SMILES string of the molecule is CC(C)(C)C(=O)OCOP(=O)(OCOC(=O)C(C)(C)C)[C@@H](F)c1ccc2sc(Cc3ccccc3)cc2c1. The third-order valence-corrected chi connectivity index (χ3v) is 8.34. The van der Waals surface area contributed by atoms with Crippen molar-refractivity contribution in [3.05, 3.63) is 70.6 Å². The molecule has 0 saturated carbocycles. The summed E-state index contributed by atoms with van der Waals surface area (Å²) >= 11 is 1.59. The molecule has 0 aliphatic heterocycles. The van der Waals surface area contributed by atoms with E-state index in [1.165, 1.54) is 6.07 Å². The summed E-state index contributed by atoms with van der Waals surface area (Å²) in [5.74, 6) is -3.46. The van der Waals surface area contributed by atoms with Gasteiger partial charge in [-0.15, -0.1) is 11.3 Å². The van der Waals surface area contributed by atoms with Crippen LogP contribution in [-0.2, 0) is 39.1 Å². The Kier molecular flexibility index (Phi) is 9.52. The van der Waals surface area contributed by atoms with Crippen molar-refractivity contribution in [1.29, 1.82) is 0 Å². The van der Waals surface area contributed by atoms with Crippen LogP contribution in [0.2, 0.25) is 0 Å². The summed E-state index contributed by atoms with van der Waals surface area (Å²) in [7, 11) is -4.59. The van der Waals surface area contributed by atoms with E-state index in [2.05, 4.69) is 0 Å². The van der Waals surface area contributed by atoms with Gasteiger partial charge in [0.2, 0.25) is 19.5 Å². The van der Waals surface area contributed by atoms with Gasteiger partial charge in [-0.05, 0) is 76.3 Å². The van der Waals surface area contributed by atoms with Gasteiger partial charge in [0.05, 0.1) is 10.8 Å². The highest BCUT2D eigenvalue weighted by Gasteiger charge is 2.40. The molecule has 0 fully saturated rings. The lowest BCUT2D eigenvalue weighted by atomic mass is 9.98. The monoisotopic (exact) mass is 564 g/mol. The Hall–Kier alpha value is -2.58. The summed E-state index contributed by atoms with van der Waals surface area (Å²) in [5, 5.41) is 0.783. The van der Waals surface area contributed by atoms with E-state index in [-0.39, 0.29) is 5.56 Å². The van der Waals surface area contributed by atoms with Crippen LogP contribution < -0.4 is 0 Å². The third kappa shape index (κ3) is 7.96. The van der Waals surface area contributed by atoms with Gasteiger partial charge in [-0.25, -0.2) is 4.39 Å². The first-order chi connectivity index (χ1) is 17.7. The number of fused-ring (bicyclic) bond motifs is 1. The molecule has 3 aromatic rings. The number of benzene rings is 2. The molecule has 0 bridgehead atoms. The van der Waals surface area contributed by atoms with Crippen molar-refractivity contribution < 1.29 is 37.1 Å². The molecule has 0 aliphatic rings. The number of alkyl halides is 1. The molecular weight excluding hydrogens is 530 g/mol. The Bertz CT molecular complexity index is 1270. The zero-order valence-corrected chi connectivity index (χ0v) is 24.2. The normalized spacial score (nSPS) is 13.3. The van der Waals surface area contributed by atoms with Crippen LogP contribution in [-0.4, -0.2) is 25.5 Å². The van der Waals surface area contributed by atoms with Gasteiger partial charge in [0.1, 0.15) is 0 Å². The smallest absolute Gasteiger partial charge is 0.374 e. The highest BCUT2D eigenvalue weighted by Crippen LogP contribution is 2.62. The Morgan fingerprint density at radius 3 is 1.95 bits per heavy atom. The predicted octanol–water partition coefficient (Wildman–Crippen LogP) is 7.78. The first-order valence-electron chi connectivity index (χ1n) is 12.1. The van der Waals surface area contributed by atoms with Crippen LogP contribution in [0.5, 0.6) is 0 Å². The maximum Gasteiger partial charge on any atom is 0.374 e. The van der Waals surface area contributed by atoms with Crippen LogP contribution in [0.1, 0.15) is 63.5 Å². The quantitative estimate of drug-likeness (QED) is 0.141. The van der Waals surface area contributed by atoms with Crippen LogP contribution in [0, 0.1) is 10.8 Å². The van der Waals surface area contributed by atoms with Crippen LogP contribution in [0.25, 0.3) is 10.1 Å². The molecular formula is C28H34FO7PS. The number of halogens is 1. The number of ether oxygens (including phenoxy) is 2. The number of thiophene rings is 1. The van der Waals surface area contributed by atoms with E-state index in [0.29, 0.717) is 0 Å². The number of hydrogen-bond acceptors (Lipinski definition) is 8. The zero-order valence-electron chi connectivity index (χ0n) is 22.5. The number of esters is 2. The Labute approximate surface area is 226 Å². The molecule has 1 aromatic heterocycles. The standard InChI is InChI=1S/C28H34FO7PS/c1-27(2,3)25(30)33-17-35-37(32,36-18-34-26(31)28(4,5)6)24(29)20-12-13-23-21(15-20)16-22(38-23)14-19-10-8-7-9-11-19/h7-13,15-16,24H,14,17-18H2,1-6H3/t24-/m1/s1. The minimum absolute atomic E-state index is 0.0641. The second-order valence-electron chi connectivity index (χ2n) is 10.9. The first kappa shape index (κ1) is 30.0. The summed E-state index contributed by atoms with van der Waals surface area (Å²) in [6.45, 7) is 8.24. The van der Waals surface area contributed by atoms with Gasteiger partial charge in [-0.1, -0.05) is 36.4 Å². The fraction of sp³-hybridized carbons (Fsp3) is 0.429. The van der Waals surface area contributed by atoms with Crippen molar-refractivity contribution in [2.75, 3.05) is 13.6 Å². The number of carbonyl (C=O) groups is 2. The summed E-state index contributed by atoms with van der Waals surface area (Å²) in [6.07, 6.45) is 0.734. The number of carbonyl (C=O) groups excluding carboxylic acids is 2. The van der Waals surface area contributed by atoms with Gasteiger partial charge >= 0.3 is 19.5 Å². The second kappa shape index (κ2) is 12.1. The summed E-state index contributed by atoms with van der Waals surface area (Å²) in [6, 6.07) is 16.8. The fourth-order valence-electron chi connectivity index (χ4n) is 3.24. The van der Waals surface area contributed by atoms with Crippen molar-refractivity contribution in [2.45, 2.75) is 53.9 Å². The van der Waals surface area contributed by atoms with E-state index in [1.807, 2.05) is 36.4 Å². The fourth-order valence-corrected chi connectivity index (χ4v) is 5.58. The Morgan fingerprint density at radius 2 is 1.42 bits per heavy atom. The molecule has 0 unspecified atom stereocenters. The molecule has 10 heteroatoms. The second-order valence-corrected chi connectivity index (χ2v) is 14.1. The number of rotatable bonds is 10. The van der Waals surface area contributed by atoms with E-state index in [0.717, 1.165) is 26.9 Å². The minimum Gasteiger partial charge on any atom is -0.438 e. The average molecular weight is 565 g/mol. The van der Waals surface area contributed by atoms with Crippen LogP contribution >= 0.6 is 18.9 Å². The Morgan fingerprint density at radius 1 is 0.868 bits per heavy atom. The predicted molar refractivity (Wildman–Crippen MR) is 146 cm³/mol. The van der Waals surface area contributed by atoms with Crippen molar-refractivity contribution in [3.8, 4) is 0 Å². The van der Waals surface area contributed by atoms with Gasteiger partial charge < -0.3 is 9.47 Å². The zero-order chi connectivity index (χ0) is 28.1. The first-order valence-corrected chi connectivity index (χ1v) is 14.6. The molecule has 7 nitrogen and oxygen atoms in total. The lowest BCUT2D eigenvalue weighted by molar-refractivity contribution is -0.162.